The van der Waals surface area contributed by atoms with Crippen molar-refractivity contribution >= 4 is 17.8 Å². The molecule has 2 N–H and O–H groups in total. The van der Waals surface area contributed by atoms with Gasteiger partial charge in [0.1, 0.15) is 5.56 Å². The standard InChI is InChI=1S/C17H15F3N4O4/c1-23-8-10(6-13(23)25)22-15(26)9-2-4-11(5-3-9)24-14(17(18,19)20)12(7-21-24)16(27)28/h2-5,7,10H,6,8H2,1H3,(H,22,26)(H,27,28)/t10-/m1/s1. The number of hydrogen-bond donors (Lipinski definition) is 2. The smallest absolute Gasteiger partial charge is 0.434 e. The fourth-order valence-corrected chi connectivity index (χ4v) is 2.96. The lowest BCUT2D eigenvalue weighted by molar-refractivity contribution is -0.143. The largest absolute Gasteiger partial charge is 0.478 e. The Kier molecular flexibility index (Phi) is 4.84. The van der Waals surface area contributed by atoms with E-state index in [1.807, 2.05) is 0 Å². The molecule has 8 nitrogen and oxygen atoms in total. The lowest BCUT2D eigenvalue weighted by atomic mass is 10.1. The number of likely N-dealkylation sites (N-methyl/N-ethyl adjacent to an activating group) is 1. The fourth-order valence-electron chi connectivity index (χ4n) is 2.96. The monoisotopic (exact) mass is 396 g/mol. The first-order valence-electron chi connectivity index (χ1n) is 8.11. The van der Waals surface area contributed by atoms with Crippen molar-refractivity contribution in [2.75, 3.05) is 13.6 Å². The van der Waals surface area contributed by atoms with Crippen molar-refractivity contribution in [1.82, 2.24) is 20.0 Å². The number of benzene rings is 1. The van der Waals surface area contributed by atoms with Crippen LogP contribution in [-0.4, -0.2) is 57.2 Å². The third-order valence-electron chi connectivity index (χ3n) is 4.32. The first-order chi connectivity index (χ1) is 13.1. The van der Waals surface area contributed by atoms with Crippen LogP contribution in [0.5, 0.6) is 0 Å². The maximum atomic E-state index is 13.3. The molecule has 0 bridgehead atoms. The van der Waals surface area contributed by atoms with Gasteiger partial charge in [-0.05, 0) is 24.3 Å². The van der Waals surface area contributed by atoms with E-state index in [0.29, 0.717) is 17.4 Å². The molecule has 1 aromatic carbocycles. The second-order valence-electron chi connectivity index (χ2n) is 6.32. The Morgan fingerprint density at radius 1 is 1.25 bits per heavy atom. The van der Waals surface area contributed by atoms with Crippen molar-refractivity contribution in [3.8, 4) is 5.69 Å². The van der Waals surface area contributed by atoms with Crippen LogP contribution in [0.25, 0.3) is 5.69 Å². The van der Waals surface area contributed by atoms with Gasteiger partial charge in [0.05, 0.1) is 17.9 Å². The molecule has 1 aromatic heterocycles. The van der Waals surface area contributed by atoms with Crippen LogP contribution in [0.3, 0.4) is 0 Å². The first-order valence-corrected chi connectivity index (χ1v) is 8.11. The summed E-state index contributed by atoms with van der Waals surface area (Å²) in [7, 11) is 1.62. The van der Waals surface area contributed by atoms with Gasteiger partial charge in [-0.25, -0.2) is 9.48 Å². The van der Waals surface area contributed by atoms with Crippen molar-refractivity contribution < 1.29 is 32.7 Å². The molecule has 2 aromatic rings. The Hall–Kier alpha value is -3.37. The van der Waals surface area contributed by atoms with Crippen LogP contribution < -0.4 is 5.32 Å². The maximum absolute atomic E-state index is 13.3. The summed E-state index contributed by atoms with van der Waals surface area (Å²) in [6, 6.07) is 4.72. The Morgan fingerprint density at radius 3 is 2.39 bits per heavy atom. The third-order valence-corrected chi connectivity index (χ3v) is 4.32. The number of nitrogens with zero attached hydrogens (tertiary/aromatic N) is 3. The summed E-state index contributed by atoms with van der Waals surface area (Å²) >= 11 is 0. The third kappa shape index (κ3) is 3.68. The van der Waals surface area contributed by atoms with Crippen LogP contribution in [0.4, 0.5) is 13.2 Å². The Morgan fingerprint density at radius 2 is 1.89 bits per heavy atom. The highest BCUT2D eigenvalue weighted by Crippen LogP contribution is 2.33. The molecular formula is C17H15F3N4O4. The summed E-state index contributed by atoms with van der Waals surface area (Å²) in [6.45, 7) is 0.378. The van der Waals surface area contributed by atoms with Gasteiger partial charge >= 0.3 is 12.1 Å². The zero-order chi connectivity index (χ0) is 20.6. The molecule has 11 heteroatoms. The zero-order valence-electron chi connectivity index (χ0n) is 14.5. The number of carboxylic acids is 1. The van der Waals surface area contributed by atoms with Gasteiger partial charge in [0, 0.05) is 25.6 Å². The highest BCUT2D eigenvalue weighted by atomic mass is 19.4. The number of carboxylic acid groups (broad SMARTS) is 1. The number of carbonyl (C=O) groups is 3. The van der Waals surface area contributed by atoms with Gasteiger partial charge in [0.15, 0.2) is 5.69 Å². The van der Waals surface area contributed by atoms with Gasteiger partial charge in [0.2, 0.25) is 5.91 Å². The highest BCUT2D eigenvalue weighted by molar-refractivity contribution is 5.95. The summed E-state index contributed by atoms with van der Waals surface area (Å²) < 4.78 is 40.3. The number of alkyl halides is 3. The summed E-state index contributed by atoms with van der Waals surface area (Å²) in [6.07, 6.45) is -4.12. The van der Waals surface area contributed by atoms with Crippen LogP contribution in [0, 0.1) is 0 Å². The molecule has 1 fully saturated rings. The van der Waals surface area contributed by atoms with E-state index in [1.165, 1.54) is 29.2 Å². The molecule has 0 aliphatic carbocycles. The van der Waals surface area contributed by atoms with Crippen LogP contribution in [0.1, 0.15) is 32.8 Å². The predicted molar refractivity (Wildman–Crippen MR) is 89.0 cm³/mol. The lowest BCUT2D eigenvalue weighted by Gasteiger charge is -2.14. The van der Waals surface area contributed by atoms with Gasteiger partial charge in [-0.1, -0.05) is 0 Å². The van der Waals surface area contributed by atoms with Gasteiger partial charge in [-0.2, -0.15) is 18.3 Å². The molecular weight excluding hydrogens is 381 g/mol. The number of nitrogens with one attached hydrogen (secondary N) is 1. The molecule has 28 heavy (non-hydrogen) atoms. The van der Waals surface area contributed by atoms with Crippen molar-refractivity contribution in [2.24, 2.45) is 0 Å². The SMILES string of the molecule is CN1C[C@H](NC(=O)c2ccc(-n3ncc(C(=O)O)c3C(F)(F)F)cc2)CC1=O. The number of likely N-dealkylation sites (tertiary alicyclic amines) is 1. The summed E-state index contributed by atoms with van der Waals surface area (Å²) in [5, 5.41) is 15.2. The van der Waals surface area contributed by atoms with Gasteiger partial charge in [-0.15, -0.1) is 0 Å². The van der Waals surface area contributed by atoms with E-state index in [9.17, 15) is 27.6 Å². The number of halogens is 3. The van der Waals surface area contributed by atoms with E-state index >= 15 is 0 Å². The van der Waals surface area contributed by atoms with Crippen LogP contribution >= 0.6 is 0 Å². The number of aromatic nitrogens is 2. The van der Waals surface area contributed by atoms with Crippen molar-refractivity contribution in [3.63, 3.8) is 0 Å². The van der Waals surface area contributed by atoms with E-state index < -0.39 is 29.3 Å². The van der Waals surface area contributed by atoms with E-state index in [0.717, 1.165) is 0 Å². The van der Waals surface area contributed by atoms with Gasteiger partial charge in [0.25, 0.3) is 5.91 Å². The minimum Gasteiger partial charge on any atom is -0.478 e. The molecule has 1 saturated heterocycles. The molecule has 0 spiro atoms. The highest BCUT2D eigenvalue weighted by Gasteiger charge is 2.40. The van der Waals surface area contributed by atoms with Crippen LogP contribution in [-0.2, 0) is 11.0 Å². The zero-order valence-corrected chi connectivity index (χ0v) is 14.5. The predicted octanol–water partition coefficient (Wildman–Crippen LogP) is 1.55. The molecule has 2 heterocycles. The minimum atomic E-state index is -4.93. The number of amides is 2. The molecule has 3 rings (SSSR count). The average Bonchev–Trinajstić information content (AvgIpc) is 3.19. The summed E-state index contributed by atoms with van der Waals surface area (Å²) in [5.74, 6) is -2.30. The second kappa shape index (κ2) is 6.98. The Bertz CT molecular complexity index is 937. The summed E-state index contributed by atoms with van der Waals surface area (Å²) in [4.78, 5) is 36.3. The summed E-state index contributed by atoms with van der Waals surface area (Å²) in [5.41, 5.74) is -2.24. The Balaban J connectivity index is 1.83. The minimum absolute atomic E-state index is 0.0489. The number of rotatable bonds is 4. The van der Waals surface area contributed by atoms with Crippen LogP contribution in [0.15, 0.2) is 30.5 Å². The van der Waals surface area contributed by atoms with E-state index in [1.54, 1.807) is 7.05 Å². The molecule has 2 amide bonds. The van der Waals surface area contributed by atoms with Gasteiger partial charge < -0.3 is 15.3 Å². The van der Waals surface area contributed by atoms with E-state index in [-0.39, 0.29) is 29.6 Å². The maximum Gasteiger partial charge on any atom is 0.434 e. The quantitative estimate of drug-likeness (QED) is 0.816. The molecule has 1 aliphatic rings. The number of hydrogen-bond acceptors (Lipinski definition) is 4. The van der Waals surface area contributed by atoms with Crippen molar-refractivity contribution in [2.45, 2.75) is 18.6 Å². The van der Waals surface area contributed by atoms with E-state index in [2.05, 4.69) is 10.4 Å². The molecule has 1 atom stereocenters. The second-order valence-corrected chi connectivity index (χ2v) is 6.32. The van der Waals surface area contributed by atoms with Crippen LogP contribution in [0.2, 0.25) is 0 Å². The normalized spacial score (nSPS) is 17.1. The van der Waals surface area contributed by atoms with Gasteiger partial charge in [-0.3, -0.25) is 9.59 Å². The topological polar surface area (TPSA) is 105 Å². The molecule has 1 aliphatic heterocycles. The molecule has 0 radical (unpaired) electrons. The molecule has 148 valence electrons. The lowest BCUT2D eigenvalue weighted by Crippen LogP contribution is -2.36. The average molecular weight is 396 g/mol. The Labute approximate surface area is 156 Å². The number of aromatic carboxylic acids is 1. The molecule has 0 saturated carbocycles. The van der Waals surface area contributed by atoms with E-state index in [4.69, 9.17) is 5.11 Å². The first kappa shape index (κ1) is 19.4. The van der Waals surface area contributed by atoms with Crippen molar-refractivity contribution in [1.29, 1.82) is 0 Å². The molecule has 0 unspecified atom stereocenters. The number of carbonyl (C=O) groups excluding carboxylic acids is 2. The van der Waals surface area contributed by atoms with Crippen molar-refractivity contribution in [3.05, 3.63) is 47.3 Å². The fraction of sp³-hybridized carbons (Fsp3) is 0.294.